The molecule has 0 aliphatic heterocycles. The molecule has 1 aliphatic rings. The molecule has 1 aromatic heterocycles. The molecule has 0 saturated heterocycles. The third-order valence-corrected chi connectivity index (χ3v) is 2.82. The van der Waals surface area contributed by atoms with E-state index in [2.05, 4.69) is 4.98 Å². The van der Waals surface area contributed by atoms with Gasteiger partial charge in [0.15, 0.2) is 0 Å². The van der Waals surface area contributed by atoms with Crippen molar-refractivity contribution in [3.05, 3.63) is 18.2 Å². The van der Waals surface area contributed by atoms with Gasteiger partial charge in [-0.1, -0.05) is 0 Å². The first-order valence-corrected chi connectivity index (χ1v) is 4.56. The Labute approximate surface area is 77.4 Å². The highest BCUT2D eigenvalue weighted by molar-refractivity contribution is 5.13. The Morgan fingerprint density at radius 1 is 1.77 bits per heavy atom. The summed E-state index contributed by atoms with van der Waals surface area (Å²) in [7, 11) is 1.89. The fourth-order valence-corrected chi connectivity index (χ4v) is 2.10. The Hall–Kier alpha value is -0.870. The number of nitrogens with zero attached hydrogens (tertiary/aromatic N) is 2. The molecule has 13 heavy (non-hydrogen) atoms. The molecule has 2 rings (SSSR count). The van der Waals surface area contributed by atoms with Crippen molar-refractivity contribution in [3.63, 3.8) is 0 Å². The fourth-order valence-electron chi connectivity index (χ4n) is 2.10. The Morgan fingerprint density at radius 2 is 2.54 bits per heavy atom. The van der Waals surface area contributed by atoms with Gasteiger partial charge >= 0.3 is 0 Å². The smallest absolute Gasteiger partial charge is 0.108 e. The highest BCUT2D eigenvalue weighted by Crippen LogP contribution is 2.37. The molecule has 0 aromatic carbocycles. The largest absolute Gasteiger partial charge is 0.384 e. The topological polar surface area (TPSA) is 64.1 Å². The second-order valence-electron chi connectivity index (χ2n) is 3.92. The van der Waals surface area contributed by atoms with Crippen LogP contribution in [-0.2, 0) is 12.6 Å². The predicted molar refractivity (Wildman–Crippen MR) is 48.9 cm³/mol. The van der Waals surface area contributed by atoms with E-state index in [-0.39, 0.29) is 6.04 Å². The first-order valence-electron chi connectivity index (χ1n) is 4.56. The van der Waals surface area contributed by atoms with E-state index in [1.54, 1.807) is 12.5 Å². The molecule has 0 amide bonds. The molecule has 2 atom stereocenters. The molecule has 0 spiro atoms. The van der Waals surface area contributed by atoms with Crippen LogP contribution in [0.2, 0.25) is 0 Å². The zero-order chi connectivity index (χ0) is 9.47. The molecule has 1 aromatic rings. The van der Waals surface area contributed by atoms with Crippen LogP contribution in [0, 0.1) is 0 Å². The lowest BCUT2D eigenvalue weighted by Crippen LogP contribution is -2.27. The zero-order valence-electron chi connectivity index (χ0n) is 7.77. The molecule has 2 unspecified atom stereocenters. The summed E-state index contributed by atoms with van der Waals surface area (Å²) >= 11 is 0. The third kappa shape index (κ3) is 1.36. The molecule has 1 saturated carbocycles. The van der Waals surface area contributed by atoms with Gasteiger partial charge in [-0.3, -0.25) is 0 Å². The van der Waals surface area contributed by atoms with Gasteiger partial charge in [-0.15, -0.1) is 0 Å². The quantitative estimate of drug-likeness (QED) is 0.646. The van der Waals surface area contributed by atoms with E-state index in [9.17, 15) is 5.11 Å². The van der Waals surface area contributed by atoms with E-state index in [0.29, 0.717) is 6.42 Å². The molecule has 1 heterocycles. The first-order chi connectivity index (χ1) is 6.12. The summed E-state index contributed by atoms with van der Waals surface area (Å²) in [6, 6.07) is 0.125. The molecule has 1 aliphatic carbocycles. The van der Waals surface area contributed by atoms with Crippen LogP contribution in [0.3, 0.4) is 0 Å². The average molecular weight is 181 g/mol. The van der Waals surface area contributed by atoms with Crippen LogP contribution in [0.1, 0.15) is 25.0 Å². The lowest BCUT2D eigenvalue weighted by molar-refractivity contribution is 0.0357. The maximum atomic E-state index is 10.3. The minimum Gasteiger partial charge on any atom is -0.384 e. The predicted octanol–water partition coefficient (Wildman–Crippen LogP) is 0.119. The van der Waals surface area contributed by atoms with Crippen molar-refractivity contribution in [1.82, 2.24) is 9.55 Å². The molecule has 4 heteroatoms. The monoisotopic (exact) mass is 181 g/mol. The molecule has 72 valence electrons. The normalized spacial score (nSPS) is 33.9. The minimum atomic E-state index is -0.745. The molecule has 0 radical (unpaired) electrons. The second-order valence-corrected chi connectivity index (χ2v) is 3.92. The number of rotatable bonds is 1. The van der Waals surface area contributed by atoms with Crippen LogP contribution in [0.4, 0.5) is 0 Å². The van der Waals surface area contributed by atoms with Gasteiger partial charge in [-0.05, 0) is 19.3 Å². The SMILES string of the molecule is Cn1cncc1C1(O)CCC(N)C1. The number of hydrogen-bond donors (Lipinski definition) is 2. The number of aliphatic hydroxyl groups is 1. The Morgan fingerprint density at radius 3 is 3.00 bits per heavy atom. The third-order valence-electron chi connectivity index (χ3n) is 2.82. The van der Waals surface area contributed by atoms with Crippen molar-refractivity contribution in [2.24, 2.45) is 12.8 Å². The number of imidazole rings is 1. The maximum Gasteiger partial charge on any atom is 0.108 e. The van der Waals surface area contributed by atoms with Gasteiger partial charge < -0.3 is 15.4 Å². The second kappa shape index (κ2) is 2.82. The zero-order valence-corrected chi connectivity index (χ0v) is 7.77. The van der Waals surface area contributed by atoms with Crippen molar-refractivity contribution in [1.29, 1.82) is 0 Å². The van der Waals surface area contributed by atoms with Gasteiger partial charge in [0.05, 0.1) is 18.2 Å². The number of hydrogen-bond acceptors (Lipinski definition) is 3. The molecule has 3 N–H and O–H groups in total. The summed E-state index contributed by atoms with van der Waals surface area (Å²) in [5, 5.41) is 10.3. The van der Waals surface area contributed by atoms with E-state index in [1.807, 2.05) is 11.6 Å². The minimum absolute atomic E-state index is 0.125. The summed E-state index contributed by atoms with van der Waals surface area (Å²) < 4.78 is 1.86. The maximum absolute atomic E-state index is 10.3. The Balaban J connectivity index is 2.30. The summed E-state index contributed by atoms with van der Waals surface area (Å²) in [5.74, 6) is 0. The molecular weight excluding hydrogens is 166 g/mol. The van der Waals surface area contributed by atoms with Gasteiger partial charge in [0.2, 0.25) is 0 Å². The van der Waals surface area contributed by atoms with Gasteiger partial charge in [0.25, 0.3) is 0 Å². The number of aryl methyl sites for hydroxylation is 1. The van der Waals surface area contributed by atoms with Crippen LogP contribution in [0.15, 0.2) is 12.5 Å². The van der Waals surface area contributed by atoms with E-state index in [0.717, 1.165) is 18.5 Å². The van der Waals surface area contributed by atoms with Crippen LogP contribution in [0.5, 0.6) is 0 Å². The highest BCUT2D eigenvalue weighted by atomic mass is 16.3. The molecule has 1 fully saturated rings. The Bertz CT molecular complexity index is 310. The van der Waals surface area contributed by atoms with Gasteiger partial charge in [0.1, 0.15) is 5.60 Å². The number of nitrogens with two attached hydrogens (primary N) is 1. The summed E-state index contributed by atoms with van der Waals surface area (Å²) in [6.07, 6.45) is 5.71. The van der Waals surface area contributed by atoms with Crippen molar-refractivity contribution in [2.45, 2.75) is 30.9 Å². The molecular formula is C9H15N3O. The van der Waals surface area contributed by atoms with E-state index < -0.39 is 5.60 Å². The molecule has 0 bridgehead atoms. The molecule has 4 nitrogen and oxygen atoms in total. The van der Waals surface area contributed by atoms with Crippen LogP contribution in [0.25, 0.3) is 0 Å². The average Bonchev–Trinajstić information content (AvgIpc) is 2.59. The van der Waals surface area contributed by atoms with E-state index in [4.69, 9.17) is 5.73 Å². The van der Waals surface area contributed by atoms with Gasteiger partial charge in [-0.2, -0.15) is 0 Å². The van der Waals surface area contributed by atoms with Crippen molar-refractivity contribution in [2.75, 3.05) is 0 Å². The van der Waals surface area contributed by atoms with Crippen molar-refractivity contribution >= 4 is 0 Å². The van der Waals surface area contributed by atoms with E-state index in [1.165, 1.54) is 0 Å². The van der Waals surface area contributed by atoms with Gasteiger partial charge in [-0.25, -0.2) is 4.98 Å². The van der Waals surface area contributed by atoms with E-state index >= 15 is 0 Å². The van der Waals surface area contributed by atoms with Crippen LogP contribution in [-0.4, -0.2) is 20.7 Å². The highest BCUT2D eigenvalue weighted by Gasteiger charge is 2.39. The summed E-state index contributed by atoms with van der Waals surface area (Å²) in [4.78, 5) is 4.00. The van der Waals surface area contributed by atoms with Crippen molar-refractivity contribution in [3.8, 4) is 0 Å². The van der Waals surface area contributed by atoms with Crippen molar-refractivity contribution < 1.29 is 5.11 Å². The van der Waals surface area contributed by atoms with Crippen LogP contribution >= 0.6 is 0 Å². The standard InChI is InChI=1S/C9H15N3O/c1-12-6-11-5-8(12)9(13)3-2-7(10)4-9/h5-7,13H,2-4,10H2,1H3. The van der Waals surface area contributed by atoms with Crippen LogP contribution < -0.4 is 5.73 Å². The summed E-state index contributed by atoms with van der Waals surface area (Å²) in [5.41, 5.74) is 5.91. The van der Waals surface area contributed by atoms with Gasteiger partial charge in [0, 0.05) is 13.1 Å². The fraction of sp³-hybridized carbons (Fsp3) is 0.667. The lowest BCUT2D eigenvalue weighted by atomic mass is 9.98. The summed E-state index contributed by atoms with van der Waals surface area (Å²) in [6.45, 7) is 0. The Kier molecular flexibility index (Phi) is 1.89. The number of aromatic nitrogens is 2. The first kappa shape index (κ1) is 8.72. The lowest BCUT2D eigenvalue weighted by Gasteiger charge is -2.22.